The molecule has 26 heavy (non-hydrogen) atoms. The number of nitro benzene ring substituents is 1. The zero-order chi connectivity index (χ0) is 19.1. The van der Waals surface area contributed by atoms with Gasteiger partial charge in [0.25, 0.3) is 11.6 Å². The predicted molar refractivity (Wildman–Crippen MR) is 98.7 cm³/mol. The lowest BCUT2D eigenvalue weighted by Crippen LogP contribution is -2.14. The monoisotopic (exact) mass is 358 g/mol. The lowest BCUT2D eigenvalue weighted by molar-refractivity contribution is -0.385. The number of nitrogens with one attached hydrogen (secondary N) is 1. The van der Waals surface area contributed by atoms with Crippen molar-refractivity contribution in [3.05, 3.63) is 63.2 Å². The van der Waals surface area contributed by atoms with E-state index >= 15 is 0 Å². The van der Waals surface area contributed by atoms with E-state index < -0.39 is 4.92 Å². The molecule has 2 rings (SSSR count). The summed E-state index contributed by atoms with van der Waals surface area (Å²) in [5, 5.41) is 13.8. The molecule has 0 saturated carbocycles. The van der Waals surface area contributed by atoms with Crippen molar-refractivity contribution in [2.75, 3.05) is 18.5 Å². The zero-order valence-corrected chi connectivity index (χ0v) is 15.1. The Morgan fingerprint density at radius 1 is 1.19 bits per heavy atom. The Morgan fingerprint density at radius 3 is 2.62 bits per heavy atom. The molecule has 0 aromatic heterocycles. The van der Waals surface area contributed by atoms with Crippen LogP contribution in [0.3, 0.4) is 0 Å². The van der Waals surface area contributed by atoms with Crippen molar-refractivity contribution in [2.24, 2.45) is 0 Å². The molecule has 0 saturated heterocycles. The lowest BCUT2D eigenvalue weighted by Gasteiger charge is -2.13. The fourth-order valence-electron chi connectivity index (χ4n) is 2.49. The first kappa shape index (κ1) is 19.4. The maximum Gasteiger partial charge on any atom is 0.274 e. The van der Waals surface area contributed by atoms with Gasteiger partial charge in [-0.2, -0.15) is 0 Å². The molecule has 2 aromatic rings. The van der Waals surface area contributed by atoms with Crippen molar-refractivity contribution in [3.8, 4) is 5.75 Å². The molecule has 0 aliphatic rings. The summed E-state index contributed by atoms with van der Waals surface area (Å²) in [7, 11) is 0. The van der Waals surface area contributed by atoms with E-state index in [1.807, 2.05) is 13.8 Å². The predicted octanol–water partition coefficient (Wildman–Crippen LogP) is 4.09. The molecule has 7 nitrogen and oxygen atoms in total. The average Bonchev–Trinajstić information content (AvgIpc) is 2.62. The molecule has 1 N–H and O–H groups in total. The Balaban J connectivity index is 2.27. The fraction of sp³-hybridized carbons (Fsp3) is 0.316. The Bertz CT molecular complexity index is 805. The number of hydrogen-bond acceptors (Lipinski definition) is 5. The Labute approximate surface area is 152 Å². The van der Waals surface area contributed by atoms with Crippen LogP contribution in [0.1, 0.15) is 35.3 Å². The van der Waals surface area contributed by atoms with Gasteiger partial charge in [-0.3, -0.25) is 14.9 Å². The minimum Gasteiger partial charge on any atom is -0.494 e. The molecular formula is C19H22N2O5. The van der Waals surface area contributed by atoms with Gasteiger partial charge in [-0.25, -0.2) is 0 Å². The number of ether oxygens (including phenoxy) is 2. The second kappa shape index (κ2) is 8.96. The van der Waals surface area contributed by atoms with Gasteiger partial charge in [0.15, 0.2) is 0 Å². The molecule has 0 aliphatic heterocycles. The highest BCUT2D eigenvalue weighted by Gasteiger charge is 2.16. The molecule has 2 aromatic carbocycles. The second-order valence-electron chi connectivity index (χ2n) is 5.55. The standard InChI is InChI=1S/C19H22N2O5/c1-4-25-12-15-11-14(9-10-18(15)26-5-2)19(22)20-16-7-6-8-17(13(16)3)21(23)24/h6-11H,4-5,12H2,1-3H3,(H,20,22). The molecule has 0 heterocycles. The third-order valence-electron chi connectivity index (χ3n) is 3.83. The summed E-state index contributed by atoms with van der Waals surface area (Å²) >= 11 is 0. The molecule has 0 unspecified atom stereocenters. The van der Waals surface area contributed by atoms with Crippen molar-refractivity contribution in [2.45, 2.75) is 27.4 Å². The van der Waals surface area contributed by atoms with Crippen LogP contribution >= 0.6 is 0 Å². The van der Waals surface area contributed by atoms with E-state index in [1.165, 1.54) is 6.07 Å². The minimum atomic E-state index is -0.470. The summed E-state index contributed by atoms with van der Waals surface area (Å²) in [5.74, 6) is 0.318. The maximum absolute atomic E-state index is 12.6. The van der Waals surface area contributed by atoms with Crippen LogP contribution in [0, 0.1) is 17.0 Å². The molecule has 0 spiro atoms. The van der Waals surface area contributed by atoms with Crippen LogP contribution in [0.5, 0.6) is 5.75 Å². The van der Waals surface area contributed by atoms with E-state index in [-0.39, 0.29) is 11.6 Å². The van der Waals surface area contributed by atoms with Crippen molar-refractivity contribution < 1.29 is 19.2 Å². The smallest absolute Gasteiger partial charge is 0.274 e. The van der Waals surface area contributed by atoms with Crippen molar-refractivity contribution in [3.63, 3.8) is 0 Å². The van der Waals surface area contributed by atoms with Crippen LogP contribution in [0.4, 0.5) is 11.4 Å². The Kier molecular flexibility index (Phi) is 6.68. The summed E-state index contributed by atoms with van der Waals surface area (Å²) in [4.78, 5) is 23.1. The summed E-state index contributed by atoms with van der Waals surface area (Å²) in [6, 6.07) is 9.68. The van der Waals surface area contributed by atoms with E-state index in [0.717, 1.165) is 5.56 Å². The fourth-order valence-corrected chi connectivity index (χ4v) is 2.49. The van der Waals surface area contributed by atoms with Gasteiger partial charge in [0.1, 0.15) is 5.75 Å². The van der Waals surface area contributed by atoms with Crippen molar-refractivity contribution in [1.29, 1.82) is 0 Å². The van der Waals surface area contributed by atoms with Crippen LogP contribution in [0.15, 0.2) is 36.4 Å². The first-order valence-corrected chi connectivity index (χ1v) is 8.36. The number of benzene rings is 2. The van der Waals surface area contributed by atoms with E-state index in [2.05, 4.69) is 5.32 Å². The summed E-state index contributed by atoms with van der Waals surface area (Å²) in [6.45, 7) is 6.78. The minimum absolute atomic E-state index is 0.0356. The number of nitro groups is 1. The largest absolute Gasteiger partial charge is 0.494 e. The Morgan fingerprint density at radius 2 is 1.96 bits per heavy atom. The number of rotatable bonds is 8. The van der Waals surface area contributed by atoms with Crippen LogP contribution < -0.4 is 10.1 Å². The third-order valence-corrected chi connectivity index (χ3v) is 3.83. The number of carbonyl (C=O) groups excluding carboxylic acids is 1. The van der Waals surface area contributed by atoms with Gasteiger partial charge in [-0.1, -0.05) is 6.07 Å². The van der Waals surface area contributed by atoms with Gasteiger partial charge in [-0.15, -0.1) is 0 Å². The van der Waals surface area contributed by atoms with Gasteiger partial charge in [0.05, 0.1) is 29.4 Å². The average molecular weight is 358 g/mol. The summed E-state index contributed by atoms with van der Waals surface area (Å²) in [6.07, 6.45) is 0. The van der Waals surface area contributed by atoms with Crippen LogP contribution in [0.25, 0.3) is 0 Å². The van der Waals surface area contributed by atoms with Crippen LogP contribution in [-0.4, -0.2) is 24.0 Å². The summed E-state index contributed by atoms with van der Waals surface area (Å²) in [5.41, 5.74) is 1.98. The van der Waals surface area contributed by atoms with E-state index in [1.54, 1.807) is 37.3 Å². The zero-order valence-electron chi connectivity index (χ0n) is 15.1. The molecule has 1 amide bonds. The van der Waals surface area contributed by atoms with Crippen molar-refractivity contribution in [1.82, 2.24) is 0 Å². The lowest BCUT2D eigenvalue weighted by atomic mass is 10.1. The molecule has 0 aliphatic carbocycles. The van der Waals surface area contributed by atoms with Gasteiger partial charge < -0.3 is 14.8 Å². The van der Waals surface area contributed by atoms with E-state index in [9.17, 15) is 14.9 Å². The molecular weight excluding hydrogens is 336 g/mol. The van der Waals surface area contributed by atoms with Crippen LogP contribution in [-0.2, 0) is 11.3 Å². The molecule has 7 heteroatoms. The third kappa shape index (κ3) is 4.58. The quantitative estimate of drug-likeness (QED) is 0.567. The van der Waals surface area contributed by atoms with Gasteiger partial charge in [0, 0.05) is 23.8 Å². The van der Waals surface area contributed by atoms with Gasteiger partial charge in [-0.05, 0) is 45.0 Å². The highest BCUT2D eigenvalue weighted by Crippen LogP contribution is 2.26. The molecule has 0 atom stereocenters. The summed E-state index contributed by atoms with van der Waals surface area (Å²) < 4.78 is 11.0. The number of carbonyl (C=O) groups is 1. The number of anilines is 1. The van der Waals surface area contributed by atoms with Crippen LogP contribution in [0.2, 0.25) is 0 Å². The second-order valence-corrected chi connectivity index (χ2v) is 5.55. The first-order chi connectivity index (χ1) is 12.5. The van der Waals surface area contributed by atoms with E-state index in [0.29, 0.717) is 42.4 Å². The van der Waals surface area contributed by atoms with E-state index in [4.69, 9.17) is 9.47 Å². The Hall–Kier alpha value is -2.93. The maximum atomic E-state index is 12.6. The highest BCUT2D eigenvalue weighted by atomic mass is 16.6. The normalized spacial score (nSPS) is 10.4. The van der Waals surface area contributed by atoms with Gasteiger partial charge >= 0.3 is 0 Å². The van der Waals surface area contributed by atoms with Gasteiger partial charge in [0.2, 0.25) is 0 Å². The molecule has 138 valence electrons. The SMILES string of the molecule is CCOCc1cc(C(=O)Nc2cccc([N+](=O)[O-])c2C)ccc1OCC. The van der Waals surface area contributed by atoms with Crippen molar-refractivity contribution >= 4 is 17.3 Å². The first-order valence-electron chi connectivity index (χ1n) is 8.36. The molecule has 0 radical (unpaired) electrons. The number of nitrogens with zero attached hydrogens (tertiary/aromatic N) is 1. The topological polar surface area (TPSA) is 90.7 Å². The molecule has 0 bridgehead atoms. The number of hydrogen-bond donors (Lipinski definition) is 1. The molecule has 0 fully saturated rings. The number of amides is 1. The highest BCUT2D eigenvalue weighted by molar-refractivity contribution is 6.05.